The standard InChI is InChI=1S/C12H12ClN2O4P/c1-8(12(16)17)15-20(13,18)19-10-4-5-11-9(7-10)3-2-6-14-11/h2-8H,1H3,(H,15,18)(H,16,17). The van der Waals surface area contributed by atoms with Gasteiger partial charge in [-0.1, -0.05) is 6.07 Å². The second-order valence-corrected chi connectivity index (χ2v) is 6.85. The smallest absolute Gasteiger partial charge is 0.409 e. The van der Waals surface area contributed by atoms with E-state index >= 15 is 0 Å². The number of hydrogen-bond donors (Lipinski definition) is 2. The number of pyridine rings is 1. The number of carboxylic acids is 1. The summed E-state index contributed by atoms with van der Waals surface area (Å²) in [6.07, 6.45) is 1.66. The lowest BCUT2D eigenvalue weighted by molar-refractivity contribution is -0.138. The average Bonchev–Trinajstić information content (AvgIpc) is 2.37. The average molecular weight is 315 g/mol. The highest BCUT2D eigenvalue weighted by atomic mass is 35.7. The van der Waals surface area contributed by atoms with Crippen LogP contribution in [0.4, 0.5) is 0 Å². The highest BCUT2D eigenvalue weighted by Crippen LogP contribution is 2.48. The van der Waals surface area contributed by atoms with Crippen molar-refractivity contribution in [2.75, 3.05) is 0 Å². The first-order valence-electron chi connectivity index (χ1n) is 5.72. The van der Waals surface area contributed by atoms with Gasteiger partial charge in [0.2, 0.25) is 0 Å². The molecule has 0 saturated heterocycles. The van der Waals surface area contributed by atoms with Gasteiger partial charge in [-0.05, 0) is 31.2 Å². The first-order chi connectivity index (χ1) is 9.37. The van der Waals surface area contributed by atoms with Crippen molar-refractivity contribution in [3.05, 3.63) is 36.5 Å². The Morgan fingerprint density at radius 1 is 1.50 bits per heavy atom. The van der Waals surface area contributed by atoms with Crippen LogP contribution in [-0.2, 0) is 9.36 Å². The monoisotopic (exact) mass is 314 g/mol. The lowest BCUT2D eigenvalue weighted by Gasteiger charge is -2.16. The lowest BCUT2D eigenvalue weighted by atomic mass is 10.2. The molecule has 0 aliphatic carbocycles. The largest absolute Gasteiger partial charge is 0.480 e. The van der Waals surface area contributed by atoms with Crippen LogP contribution in [0.15, 0.2) is 36.5 Å². The van der Waals surface area contributed by atoms with Crippen molar-refractivity contribution in [3.8, 4) is 5.75 Å². The van der Waals surface area contributed by atoms with Crippen LogP contribution in [0.2, 0.25) is 0 Å². The van der Waals surface area contributed by atoms with Gasteiger partial charge in [0.1, 0.15) is 11.8 Å². The van der Waals surface area contributed by atoms with Gasteiger partial charge in [-0.3, -0.25) is 9.78 Å². The Labute approximate surface area is 120 Å². The minimum atomic E-state index is -3.78. The molecule has 2 atom stereocenters. The highest BCUT2D eigenvalue weighted by Gasteiger charge is 2.27. The van der Waals surface area contributed by atoms with Gasteiger partial charge in [0.05, 0.1) is 5.52 Å². The SMILES string of the molecule is CC(NP(=O)(Cl)Oc1ccc2ncccc2c1)C(=O)O. The summed E-state index contributed by atoms with van der Waals surface area (Å²) in [4.78, 5) is 14.8. The van der Waals surface area contributed by atoms with E-state index in [9.17, 15) is 9.36 Å². The van der Waals surface area contributed by atoms with Crippen molar-refractivity contribution >= 4 is 35.0 Å². The zero-order valence-electron chi connectivity index (χ0n) is 10.5. The van der Waals surface area contributed by atoms with E-state index in [4.69, 9.17) is 20.9 Å². The van der Waals surface area contributed by atoms with E-state index < -0.39 is 18.9 Å². The normalized spacial score (nSPS) is 15.5. The molecule has 1 aromatic heterocycles. The van der Waals surface area contributed by atoms with Crippen LogP contribution in [-0.4, -0.2) is 22.1 Å². The number of nitrogens with one attached hydrogen (secondary N) is 1. The molecular weight excluding hydrogens is 303 g/mol. The number of rotatable bonds is 5. The van der Waals surface area contributed by atoms with E-state index in [2.05, 4.69) is 10.1 Å². The fourth-order valence-corrected chi connectivity index (χ4v) is 3.25. The Hall–Kier alpha value is -1.62. The van der Waals surface area contributed by atoms with Crippen LogP contribution in [0, 0.1) is 0 Å². The fraction of sp³-hybridized carbons (Fsp3) is 0.167. The minimum Gasteiger partial charge on any atom is -0.480 e. The van der Waals surface area contributed by atoms with Crippen molar-refractivity contribution in [2.24, 2.45) is 0 Å². The molecule has 20 heavy (non-hydrogen) atoms. The van der Waals surface area contributed by atoms with Crippen molar-refractivity contribution in [1.29, 1.82) is 0 Å². The Kier molecular flexibility index (Phi) is 4.28. The molecule has 0 saturated carbocycles. The summed E-state index contributed by atoms with van der Waals surface area (Å²) in [6, 6.07) is 7.39. The topological polar surface area (TPSA) is 88.5 Å². The predicted octanol–water partition coefficient (Wildman–Crippen LogP) is 3.02. The second kappa shape index (κ2) is 5.79. The molecule has 2 unspecified atom stereocenters. The van der Waals surface area contributed by atoms with Gasteiger partial charge < -0.3 is 9.63 Å². The Balaban J connectivity index is 2.18. The Morgan fingerprint density at radius 3 is 2.95 bits per heavy atom. The molecule has 0 radical (unpaired) electrons. The van der Waals surface area contributed by atoms with Gasteiger partial charge in [0, 0.05) is 22.8 Å². The van der Waals surface area contributed by atoms with Gasteiger partial charge in [0.25, 0.3) is 0 Å². The molecule has 2 aromatic rings. The molecule has 1 heterocycles. The van der Waals surface area contributed by atoms with Crippen LogP contribution in [0.3, 0.4) is 0 Å². The van der Waals surface area contributed by atoms with E-state index in [1.165, 1.54) is 6.92 Å². The molecule has 0 spiro atoms. The number of fused-ring (bicyclic) bond motifs is 1. The number of hydrogen-bond acceptors (Lipinski definition) is 4. The molecule has 0 bridgehead atoms. The zero-order chi connectivity index (χ0) is 14.8. The van der Waals surface area contributed by atoms with E-state index in [-0.39, 0.29) is 5.75 Å². The Morgan fingerprint density at radius 2 is 2.25 bits per heavy atom. The summed E-state index contributed by atoms with van der Waals surface area (Å²) in [5.74, 6) is -0.897. The molecular formula is C12H12ClN2O4P. The third-order valence-electron chi connectivity index (χ3n) is 2.52. The zero-order valence-corrected chi connectivity index (χ0v) is 12.1. The molecule has 1 aromatic carbocycles. The first kappa shape index (κ1) is 14.8. The summed E-state index contributed by atoms with van der Waals surface area (Å²) >= 11 is 5.70. The van der Waals surface area contributed by atoms with Gasteiger partial charge >= 0.3 is 12.8 Å². The number of carboxylic acid groups (broad SMARTS) is 1. The van der Waals surface area contributed by atoms with E-state index in [0.29, 0.717) is 0 Å². The number of aliphatic carboxylic acids is 1. The maximum atomic E-state index is 12.0. The third-order valence-corrected chi connectivity index (χ3v) is 4.16. The molecule has 8 heteroatoms. The first-order valence-corrected chi connectivity index (χ1v) is 8.25. The third kappa shape index (κ3) is 3.70. The number of benzene rings is 1. The number of aromatic nitrogens is 1. The van der Waals surface area contributed by atoms with Gasteiger partial charge in [0.15, 0.2) is 0 Å². The maximum Gasteiger partial charge on any atom is 0.409 e. The molecule has 2 N–H and O–H groups in total. The molecule has 6 nitrogen and oxygen atoms in total. The lowest BCUT2D eigenvalue weighted by Crippen LogP contribution is -2.31. The molecule has 2 rings (SSSR count). The quantitative estimate of drug-likeness (QED) is 0.825. The molecule has 106 valence electrons. The van der Waals surface area contributed by atoms with Crippen molar-refractivity contribution in [1.82, 2.24) is 10.1 Å². The number of nitrogens with zero attached hydrogens (tertiary/aromatic N) is 1. The van der Waals surface area contributed by atoms with Crippen LogP contribution in [0.1, 0.15) is 6.92 Å². The second-order valence-electron chi connectivity index (χ2n) is 4.12. The van der Waals surface area contributed by atoms with Crippen molar-refractivity contribution < 1.29 is 19.0 Å². The number of carbonyl (C=O) groups is 1. The summed E-state index contributed by atoms with van der Waals surface area (Å²) < 4.78 is 17.1. The summed E-state index contributed by atoms with van der Waals surface area (Å²) in [6.45, 7) is -2.46. The van der Waals surface area contributed by atoms with Crippen molar-refractivity contribution in [2.45, 2.75) is 13.0 Å². The van der Waals surface area contributed by atoms with Crippen LogP contribution < -0.4 is 9.61 Å². The molecule has 0 amide bonds. The Bertz CT molecular complexity index is 694. The van der Waals surface area contributed by atoms with Crippen LogP contribution in [0.25, 0.3) is 10.9 Å². The molecule has 0 aliphatic heterocycles. The fourth-order valence-electron chi connectivity index (χ4n) is 1.56. The maximum absolute atomic E-state index is 12.0. The predicted molar refractivity (Wildman–Crippen MR) is 76.1 cm³/mol. The molecule has 0 aliphatic rings. The summed E-state index contributed by atoms with van der Waals surface area (Å²) in [5.41, 5.74) is 0.760. The van der Waals surface area contributed by atoms with E-state index in [0.717, 1.165) is 10.9 Å². The number of halogens is 1. The van der Waals surface area contributed by atoms with Crippen LogP contribution >= 0.6 is 18.1 Å². The van der Waals surface area contributed by atoms with Gasteiger partial charge in [-0.25, -0.2) is 9.65 Å². The van der Waals surface area contributed by atoms with E-state index in [1.54, 1.807) is 30.5 Å². The highest BCUT2D eigenvalue weighted by molar-refractivity contribution is 7.84. The van der Waals surface area contributed by atoms with Crippen molar-refractivity contribution in [3.63, 3.8) is 0 Å². The molecule has 0 fully saturated rings. The summed E-state index contributed by atoms with van der Waals surface area (Å²) in [5, 5.41) is 11.8. The van der Waals surface area contributed by atoms with Gasteiger partial charge in [-0.2, -0.15) is 0 Å². The van der Waals surface area contributed by atoms with Crippen LogP contribution in [0.5, 0.6) is 5.75 Å². The minimum absolute atomic E-state index is 0.272. The van der Waals surface area contributed by atoms with Gasteiger partial charge in [-0.15, -0.1) is 0 Å². The summed E-state index contributed by atoms with van der Waals surface area (Å²) in [7, 11) is 0. The van der Waals surface area contributed by atoms with E-state index in [1.807, 2.05) is 6.07 Å².